The van der Waals surface area contributed by atoms with Gasteiger partial charge in [-0.15, -0.1) is 0 Å². The first kappa shape index (κ1) is 62.5. The summed E-state index contributed by atoms with van der Waals surface area (Å²) in [6, 6.07) is 27.7. The summed E-state index contributed by atoms with van der Waals surface area (Å²) in [7, 11) is 1.72. The molecule has 4 heterocycles. The predicted octanol–water partition coefficient (Wildman–Crippen LogP) is 4.53. The molecule has 1 saturated carbocycles. The van der Waals surface area contributed by atoms with Crippen LogP contribution in [0.25, 0.3) is 11.1 Å². The predicted molar refractivity (Wildman–Crippen MR) is 309 cm³/mol. The summed E-state index contributed by atoms with van der Waals surface area (Å²) in [4.78, 5) is 95.7. The van der Waals surface area contributed by atoms with E-state index in [2.05, 4.69) is 32.3 Å². The summed E-state index contributed by atoms with van der Waals surface area (Å²) < 4.78 is 46.4. The van der Waals surface area contributed by atoms with E-state index in [-0.39, 0.29) is 66.5 Å². The molecule has 2 fully saturated rings. The molecule has 7 amide bonds. The molecule has 24 nitrogen and oxygen atoms in total. The Bertz CT molecular complexity index is 3150. The van der Waals surface area contributed by atoms with Gasteiger partial charge < -0.3 is 58.4 Å². The minimum atomic E-state index is -1.11. The SMILES string of the molecule is Cn1cc(-c2ccc(N(C(=O)NCc3ccc(OCCOCCOCCOCCOCCOCCOCCNC(=O)COc4cccc5c4C(=O)N(C4CCC(=O)NC4=O)C5=O)cc3)[C@H]3CC[C@H](Nc4ccc(C#N)cn4)CC3)cc2)ccc1=O. The van der Waals surface area contributed by atoms with Gasteiger partial charge in [-0.25, -0.2) is 9.78 Å². The van der Waals surface area contributed by atoms with Crippen LogP contribution in [0.1, 0.15) is 70.4 Å². The number of carbonyl (C=O) groups is 6. The summed E-state index contributed by atoms with van der Waals surface area (Å²) in [5.74, 6) is -1.61. The van der Waals surface area contributed by atoms with Crippen LogP contribution in [0.3, 0.4) is 0 Å². The van der Waals surface area contributed by atoms with Crippen molar-refractivity contribution in [1.82, 2.24) is 30.4 Å². The number of aromatic nitrogens is 2. The van der Waals surface area contributed by atoms with E-state index < -0.39 is 42.2 Å². The molecule has 0 spiro atoms. The molecule has 1 aliphatic carbocycles. The lowest BCUT2D eigenvalue weighted by Gasteiger charge is -2.37. The van der Waals surface area contributed by atoms with Gasteiger partial charge in [-0.3, -0.25) is 43.9 Å². The van der Waals surface area contributed by atoms with Crippen molar-refractivity contribution in [2.75, 3.05) is 109 Å². The number of rotatable bonds is 33. The maximum Gasteiger partial charge on any atom is 0.322 e. The van der Waals surface area contributed by atoms with Gasteiger partial charge in [0.25, 0.3) is 17.7 Å². The number of ether oxygens (including phenoxy) is 8. The second-order valence-corrected chi connectivity index (χ2v) is 20.1. The summed E-state index contributed by atoms with van der Waals surface area (Å²) >= 11 is 0. The number of nitriles is 1. The molecule has 5 aromatic rings. The lowest BCUT2D eigenvalue weighted by atomic mass is 9.89. The fourth-order valence-electron chi connectivity index (χ4n) is 9.75. The van der Waals surface area contributed by atoms with E-state index in [1.165, 1.54) is 18.2 Å². The van der Waals surface area contributed by atoms with E-state index in [9.17, 15) is 33.6 Å². The Balaban J connectivity index is 0.607. The van der Waals surface area contributed by atoms with Gasteiger partial charge in [-0.1, -0.05) is 30.3 Å². The van der Waals surface area contributed by atoms with Gasteiger partial charge in [0.1, 0.15) is 36.0 Å². The first-order valence-corrected chi connectivity index (χ1v) is 28.3. The van der Waals surface area contributed by atoms with Gasteiger partial charge in [0.15, 0.2) is 6.61 Å². The van der Waals surface area contributed by atoms with Crippen LogP contribution in [0.4, 0.5) is 16.3 Å². The number of nitrogens with zero attached hydrogens (tertiary/aromatic N) is 5. The fraction of sp³-hybridized carbons (Fsp3) is 0.426. The number of fused-ring (bicyclic) bond motifs is 1. The zero-order chi connectivity index (χ0) is 59.8. The molecule has 2 aromatic heterocycles. The normalized spacial score (nSPS) is 16.5. The summed E-state index contributed by atoms with van der Waals surface area (Å²) in [5, 5.41) is 20.6. The molecule has 450 valence electrons. The summed E-state index contributed by atoms with van der Waals surface area (Å²) in [5.41, 5.74) is 3.96. The Morgan fingerprint density at radius 3 is 1.93 bits per heavy atom. The smallest absolute Gasteiger partial charge is 0.322 e. The Hall–Kier alpha value is -8.57. The molecule has 0 bridgehead atoms. The zero-order valence-electron chi connectivity index (χ0n) is 47.5. The third kappa shape index (κ3) is 18.5. The summed E-state index contributed by atoms with van der Waals surface area (Å²) in [6.45, 7) is 4.86. The van der Waals surface area contributed by atoms with E-state index in [0.29, 0.717) is 97.1 Å². The Labute approximate surface area is 491 Å². The van der Waals surface area contributed by atoms with E-state index in [1.54, 1.807) is 42.2 Å². The molecule has 8 rings (SSSR count). The highest BCUT2D eigenvalue weighted by Gasteiger charge is 2.46. The Morgan fingerprint density at radius 1 is 0.682 bits per heavy atom. The first-order chi connectivity index (χ1) is 41.4. The van der Waals surface area contributed by atoms with Crippen LogP contribution in [-0.2, 0) is 56.4 Å². The number of aryl methyl sites for hydroxylation is 1. The number of hydrogen-bond acceptors (Lipinski definition) is 18. The average molecular weight is 1170 g/mol. The number of piperidine rings is 1. The van der Waals surface area contributed by atoms with Crippen LogP contribution in [0.15, 0.2) is 108 Å². The first-order valence-electron chi connectivity index (χ1n) is 28.3. The molecule has 24 heteroatoms. The molecule has 3 aliphatic rings. The fourth-order valence-corrected chi connectivity index (χ4v) is 9.75. The highest BCUT2D eigenvalue weighted by Crippen LogP contribution is 2.34. The van der Waals surface area contributed by atoms with Crippen LogP contribution >= 0.6 is 0 Å². The molecule has 1 saturated heterocycles. The van der Waals surface area contributed by atoms with Crippen molar-refractivity contribution < 1.29 is 66.7 Å². The van der Waals surface area contributed by atoms with E-state index >= 15 is 0 Å². The minimum absolute atomic E-state index is 0.000432. The van der Waals surface area contributed by atoms with Crippen molar-refractivity contribution in [3.8, 4) is 28.7 Å². The minimum Gasteiger partial charge on any atom is -0.491 e. The zero-order valence-corrected chi connectivity index (χ0v) is 47.5. The number of hydrogen-bond donors (Lipinski definition) is 4. The van der Waals surface area contributed by atoms with Crippen molar-refractivity contribution in [2.45, 2.75) is 63.2 Å². The molecule has 2 aliphatic heterocycles. The standard InChI is InChI=1S/C61H71N9O15/c1-68-40-45(10-22-56(68)73)44-8-13-47(14-9-44)69(48-15-11-46(12-16-48)66-53-20-7-43(37-62)39-64-53)61(77)65-38-42-5-17-49(18-6-42)84-36-35-83-34-33-82-32-31-81-30-29-80-28-27-79-26-25-78-24-23-63-55(72)41-85-52-4-2-3-50-57(52)60(76)70(59(50)75)51-19-21-54(71)67-58(51)74/h2-10,13-14,17-18,20,22,39-40,46,48,51H,11-12,15-16,19,21,23-36,38,41H2,1H3,(H,63,72)(H,64,66)(H,65,77)(H,67,71,74)/t46-,48-,51?. The van der Waals surface area contributed by atoms with Gasteiger partial charge >= 0.3 is 6.03 Å². The lowest BCUT2D eigenvalue weighted by molar-refractivity contribution is -0.136. The van der Waals surface area contributed by atoms with Gasteiger partial charge in [0, 0.05) is 62.8 Å². The molecule has 3 aromatic carbocycles. The molecule has 1 atom stereocenters. The van der Waals surface area contributed by atoms with Crippen LogP contribution in [0.5, 0.6) is 11.5 Å². The Morgan fingerprint density at radius 2 is 1.32 bits per heavy atom. The molecule has 4 N–H and O–H groups in total. The second-order valence-electron chi connectivity index (χ2n) is 20.1. The third-order valence-corrected chi connectivity index (χ3v) is 14.2. The van der Waals surface area contributed by atoms with E-state index in [0.717, 1.165) is 58.8 Å². The topological polar surface area (TPSA) is 290 Å². The number of carbonyl (C=O) groups excluding carboxylic acids is 6. The van der Waals surface area contributed by atoms with E-state index in [4.69, 9.17) is 43.2 Å². The monoisotopic (exact) mass is 1170 g/mol. The summed E-state index contributed by atoms with van der Waals surface area (Å²) in [6.07, 6.45) is 6.60. The van der Waals surface area contributed by atoms with Gasteiger partial charge in [0.2, 0.25) is 17.4 Å². The number of pyridine rings is 2. The van der Waals surface area contributed by atoms with Crippen LogP contribution in [-0.4, -0.2) is 167 Å². The van der Waals surface area contributed by atoms with Crippen molar-refractivity contribution in [1.29, 1.82) is 5.26 Å². The van der Waals surface area contributed by atoms with Gasteiger partial charge in [-0.2, -0.15) is 5.26 Å². The molecule has 1 unspecified atom stereocenters. The quantitative estimate of drug-likeness (QED) is 0.0331. The molecule has 85 heavy (non-hydrogen) atoms. The maximum atomic E-state index is 14.1. The van der Waals surface area contributed by atoms with Crippen LogP contribution in [0, 0.1) is 11.3 Å². The van der Waals surface area contributed by atoms with Crippen LogP contribution in [0.2, 0.25) is 0 Å². The van der Waals surface area contributed by atoms with Crippen molar-refractivity contribution in [3.63, 3.8) is 0 Å². The number of imide groups is 2. The second kappa shape index (κ2) is 32.5. The number of anilines is 2. The van der Waals surface area contributed by atoms with Crippen molar-refractivity contribution in [2.24, 2.45) is 7.05 Å². The van der Waals surface area contributed by atoms with Gasteiger partial charge in [0.05, 0.1) is 96.0 Å². The number of benzene rings is 3. The highest BCUT2D eigenvalue weighted by atomic mass is 16.6. The Kier molecular flexibility index (Phi) is 23.9. The number of amides is 7. The van der Waals surface area contributed by atoms with Gasteiger partial charge in [-0.05, 0) is 103 Å². The van der Waals surface area contributed by atoms with Crippen LogP contribution < -0.4 is 41.2 Å². The number of nitrogens with one attached hydrogen (secondary N) is 4. The van der Waals surface area contributed by atoms with Crippen molar-refractivity contribution in [3.05, 3.63) is 136 Å². The van der Waals surface area contributed by atoms with Crippen molar-refractivity contribution >= 4 is 47.1 Å². The highest BCUT2D eigenvalue weighted by molar-refractivity contribution is 6.24. The molecule has 0 radical (unpaired) electrons. The van der Waals surface area contributed by atoms with E-state index in [1.807, 2.05) is 59.5 Å². The molecular formula is C61H71N9O15. The molecular weight excluding hydrogens is 1100 g/mol. The lowest BCUT2D eigenvalue weighted by Crippen LogP contribution is -2.54. The third-order valence-electron chi connectivity index (χ3n) is 14.2. The largest absolute Gasteiger partial charge is 0.491 e. The number of urea groups is 1. The average Bonchev–Trinajstić information content (AvgIpc) is 2.03. The maximum absolute atomic E-state index is 14.1.